The molecule has 202 valence electrons. The molecule has 1 aromatic heterocycles. The van der Waals surface area contributed by atoms with Crippen molar-refractivity contribution in [1.82, 2.24) is 10.6 Å². The van der Waals surface area contributed by atoms with Crippen molar-refractivity contribution < 1.29 is 27.5 Å². The summed E-state index contributed by atoms with van der Waals surface area (Å²) in [5, 5.41) is 5.22. The Hall–Kier alpha value is -2.57. The van der Waals surface area contributed by atoms with Crippen molar-refractivity contribution in [3.63, 3.8) is 0 Å². The maximum atomic E-state index is 13.6. The maximum Gasteiger partial charge on any atom is 0.416 e. The van der Waals surface area contributed by atoms with Crippen LogP contribution in [0.5, 0.6) is 0 Å². The van der Waals surface area contributed by atoms with Crippen LogP contribution in [0.3, 0.4) is 0 Å². The summed E-state index contributed by atoms with van der Waals surface area (Å²) in [5.41, 5.74) is 4.79. The van der Waals surface area contributed by atoms with E-state index in [2.05, 4.69) is 31.6 Å². The fraction of sp³-hybridized carbons (Fsp3) is 0.375. The molecular formula is C24H27BrClF3N4O3S. The van der Waals surface area contributed by atoms with Crippen molar-refractivity contribution in [2.24, 2.45) is 10.7 Å². The number of rotatable bonds is 8. The minimum Gasteiger partial charge on any atom is -0.444 e. The van der Waals surface area contributed by atoms with Gasteiger partial charge in [0.05, 0.1) is 26.7 Å². The van der Waals surface area contributed by atoms with Gasteiger partial charge in [0.25, 0.3) is 5.91 Å². The molecule has 0 saturated heterocycles. The van der Waals surface area contributed by atoms with Crippen molar-refractivity contribution in [2.45, 2.75) is 45.0 Å². The molecule has 2 amide bonds. The summed E-state index contributed by atoms with van der Waals surface area (Å²) < 4.78 is 46.6. The number of carbonyl (C=O) groups excluding carboxylic acids is 2. The van der Waals surface area contributed by atoms with E-state index in [1.807, 2.05) is 0 Å². The molecule has 0 aliphatic rings. The first-order valence-corrected chi connectivity index (χ1v) is 12.9. The molecule has 0 radical (unpaired) electrons. The molecule has 1 unspecified atom stereocenters. The average Bonchev–Trinajstić information content (AvgIpc) is 3.17. The first-order valence-electron chi connectivity index (χ1n) is 10.9. The summed E-state index contributed by atoms with van der Waals surface area (Å²) in [6.45, 7) is 4.85. The number of halogens is 5. The molecule has 0 fully saturated rings. The fourth-order valence-electron chi connectivity index (χ4n) is 3.27. The SMILES string of the molecule is CN=C(C(Br)=CN)c1cc(C(=O)NC(CNC(=O)OC(C)(C)C)Cc2ccccc2C(F)(F)F)sc1Cl. The van der Waals surface area contributed by atoms with Crippen LogP contribution in [0.15, 0.2) is 46.0 Å². The zero-order chi connectivity index (χ0) is 28.0. The highest BCUT2D eigenvalue weighted by Gasteiger charge is 2.34. The van der Waals surface area contributed by atoms with Gasteiger partial charge < -0.3 is 21.1 Å². The van der Waals surface area contributed by atoms with Crippen molar-refractivity contribution in [3.8, 4) is 0 Å². The molecule has 4 N–H and O–H groups in total. The van der Waals surface area contributed by atoms with Gasteiger partial charge in [-0.25, -0.2) is 4.79 Å². The lowest BCUT2D eigenvalue weighted by Crippen LogP contribution is -2.46. The van der Waals surface area contributed by atoms with Gasteiger partial charge >= 0.3 is 12.3 Å². The van der Waals surface area contributed by atoms with Crippen molar-refractivity contribution in [2.75, 3.05) is 13.6 Å². The standard InChI is InChI=1S/C24H27BrClF3N4O3S/c1-23(2,3)36-22(35)32-12-14(9-13-7-5-6-8-16(13)24(27,28)29)33-21(34)18-10-15(20(26)37-18)19(31-4)17(25)11-30/h5-8,10-11,14H,9,12,30H2,1-4H3,(H,32,35)(H,33,34). The van der Waals surface area contributed by atoms with Crippen molar-refractivity contribution in [3.05, 3.63) is 66.9 Å². The van der Waals surface area contributed by atoms with E-state index in [1.165, 1.54) is 37.5 Å². The Morgan fingerprint density at radius 2 is 1.92 bits per heavy atom. The highest BCUT2D eigenvalue weighted by molar-refractivity contribution is 9.12. The second-order valence-corrected chi connectivity index (χ2v) is 11.3. The summed E-state index contributed by atoms with van der Waals surface area (Å²) in [6, 6.07) is 5.67. The molecule has 37 heavy (non-hydrogen) atoms. The Labute approximate surface area is 230 Å². The number of allylic oxidation sites excluding steroid dienone is 1. The van der Waals surface area contributed by atoms with E-state index < -0.39 is 35.4 Å². The van der Waals surface area contributed by atoms with Crippen LogP contribution in [0.4, 0.5) is 18.0 Å². The minimum atomic E-state index is -4.58. The number of hydrogen-bond donors (Lipinski definition) is 3. The second kappa shape index (κ2) is 12.8. The number of amides is 2. The number of alkyl carbamates (subject to hydrolysis) is 1. The number of alkyl halides is 3. The summed E-state index contributed by atoms with van der Waals surface area (Å²) in [6.07, 6.45) is -4.27. The topological polar surface area (TPSA) is 106 Å². The molecular weight excluding hydrogens is 597 g/mol. The van der Waals surface area contributed by atoms with E-state index in [4.69, 9.17) is 22.1 Å². The van der Waals surface area contributed by atoms with Crippen molar-refractivity contribution >= 4 is 56.6 Å². The van der Waals surface area contributed by atoms with Crippen LogP contribution in [0.1, 0.15) is 47.1 Å². The predicted molar refractivity (Wildman–Crippen MR) is 144 cm³/mol. The lowest BCUT2D eigenvalue weighted by Gasteiger charge is -2.23. The number of benzene rings is 1. The van der Waals surface area contributed by atoms with Crippen LogP contribution in [0.2, 0.25) is 4.34 Å². The monoisotopic (exact) mass is 622 g/mol. The molecule has 0 saturated carbocycles. The Kier molecular flexibility index (Phi) is 10.6. The largest absolute Gasteiger partial charge is 0.444 e. The van der Waals surface area contributed by atoms with Crippen LogP contribution < -0.4 is 16.4 Å². The first-order chi connectivity index (χ1) is 17.2. The number of carbonyl (C=O) groups is 2. The molecule has 2 rings (SSSR count). The normalized spacial score (nSPS) is 13.8. The van der Waals surface area contributed by atoms with E-state index >= 15 is 0 Å². The van der Waals surface area contributed by atoms with Gasteiger partial charge in [-0.1, -0.05) is 29.8 Å². The van der Waals surface area contributed by atoms with Gasteiger partial charge in [0.1, 0.15) is 9.94 Å². The Morgan fingerprint density at radius 1 is 1.27 bits per heavy atom. The summed E-state index contributed by atoms with van der Waals surface area (Å²) in [5.74, 6) is -0.582. The summed E-state index contributed by atoms with van der Waals surface area (Å²) >= 11 is 10.6. The third-order valence-corrected chi connectivity index (χ3v) is 6.78. The lowest BCUT2D eigenvalue weighted by molar-refractivity contribution is -0.138. The van der Waals surface area contributed by atoms with E-state index in [9.17, 15) is 22.8 Å². The maximum absolute atomic E-state index is 13.6. The molecule has 1 aromatic carbocycles. The highest BCUT2D eigenvalue weighted by Crippen LogP contribution is 2.33. The predicted octanol–water partition coefficient (Wildman–Crippen LogP) is 5.90. The summed E-state index contributed by atoms with van der Waals surface area (Å²) in [4.78, 5) is 29.6. The first kappa shape index (κ1) is 30.7. The number of nitrogens with two attached hydrogens (primary N) is 1. The van der Waals surface area contributed by atoms with Crippen LogP contribution >= 0.6 is 38.9 Å². The number of nitrogens with zero attached hydrogens (tertiary/aromatic N) is 1. The molecule has 0 aliphatic carbocycles. The smallest absolute Gasteiger partial charge is 0.416 e. The third kappa shape index (κ3) is 9.04. The Bertz CT molecular complexity index is 1190. The van der Waals surface area contributed by atoms with E-state index in [0.29, 0.717) is 15.8 Å². The molecule has 7 nitrogen and oxygen atoms in total. The van der Waals surface area contributed by atoms with Gasteiger partial charge in [-0.2, -0.15) is 13.2 Å². The summed E-state index contributed by atoms with van der Waals surface area (Å²) in [7, 11) is 1.53. The van der Waals surface area contributed by atoms with Gasteiger partial charge in [-0.15, -0.1) is 11.3 Å². The molecule has 13 heteroatoms. The average molecular weight is 624 g/mol. The molecule has 1 heterocycles. The molecule has 0 bridgehead atoms. The van der Waals surface area contributed by atoms with Crippen LogP contribution in [0.25, 0.3) is 0 Å². The van der Waals surface area contributed by atoms with E-state index in [-0.39, 0.29) is 27.7 Å². The van der Waals surface area contributed by atoms with Crippen molar-refractivity contribution in [1.29, 1.82) is 0 Å². The number of ether oxygens (including phenoxy) is 1. The van der Waals surface area contributed by atoms with Gasteiger partial charge in [0.15, 0.2) is 0 Å². The number of nitrogens with one attached hydrogen (secondary N) is 2. The molecule has 2 aromatic rings. The molecule has 0 aliphatic heterocycles. The zero-order valence-corrected chi connectivity index (χ0v) is 23.7. The number of hydrogen-bond acceptors (Lipinski definition) is 6. The molecule has 1 atom stereocenters. The Balaban J connectivity index is 2.32. The Morgan fingerprint density at radius 3 is 2.49 bits per heavy atom. The van der Waals surface area contributed by atoms with Crippen LogP contribution in [0, 0.1) is 0 Å². The van der Waals surface area contributed by atoms with Crippen LogP contribution in [-0.4, -0.2) is 42.9 Å². The van der Waals surface area contributed by atoms with Gasteiger partial charge in [0, 0.05) is 25.4 Å². The van der Waals surface area contributed by atoms with E-state index in [0.717, 1.165) is 17.4 Å². The number of thiophene rings is 1. The lowest BCUT2D eigenvalue weighted by atomic mass is 9.99. The minimum absolute atomic E-state index is 0.0337. The highest BCUT2D eigenvalue weighted by atomic mass is 79.9. The van der Waals surface area contributed by atoms with Gasteiger partial charge in [-0.3, -0.25) is 9.79 Å². The fourth-order valence-corrected chi connectivity index (χ4v) is 4.84. The quantitative estimate of drug-likeness (QED) is 0.319. The third-order valence-electron chi connectivity index (χ3n) is 4.78. The van der Waals surface area contributed by atoms with Gasteiger partial charge in [-0.05, 0) is 60.8 Å². The second-order valence-electron chi connectivity index (χ2n) is 8.80. The number of aliphatic imine (C=N–C) groups is 1. The van der Waals surface area contributed by atoms with Gasteiger partial charge in [0.2, 0.25) is 0 Å². The van der Waals surface area contributed by atoms with E-state index in [1.54, 1.807) is 20.8 Å². The van der Waals surface area contributed by atoms with Crippen LogP contribution in [-0.2, 0) is 17.3 Å². The zero-order valence-electron chi connectivity index (χ0n) is 20.5. The molecule has 0 spiro atoms.